The highest BCUT2D eigenvalue weighted by atomic mass is 16.5. The number of hydrogen-bond acceptors (Lipinski definition) is 4. The van der Waals surface area contributed by atoms with E-state index in [1.165, 1.54) is 11.1 Å². The monoisotopic (exact) mass is 435 g/mol. The molecule has 1 aromatic heterocycles. The van der Waals surface area contributed by atoms with Crippen molar-refractivity contribution in [2.75, 3.05) is 12.4 Å². The van der Waals surface area contributed by atoms with Crippen LogP contribution in [0.4, 0.5) is 5.82 Å². The summed E-state index contributed by atoms with van der Waals surface area (Å²) in [6, 6.07) is 9.30. The molecule has 3 N–H and O–H groups in total. The van der Waals surface area contributed by atoms with Gasteiger partial charge in [-0.3, -0.25) is 4.79 Å². The van der Waals surface area contributed by atoms with E-state index in [1.54, 1.807) is 19.2 Å². The van der Waals surface area contributed by atoms with Gasteiger partial charge in [-0.25, -0.2) is 4.98 Å². The minimum absolute atomic E-state index is 0.421. The number of hydrogen-bond donors (Lipinski definition) is 2. The van der Waals surface area contributed by atoms with Gasteiger partial charge < -0.3 is 15.8 Å². The molecule has 0 aliphatic heterocycles. The van der Waals surface area contributed by atoms with Gasteiger partial charge >= 0.3 is 0 Å². The highest BCUT2D eigenvalue weighted by Gasteiger charge is 2.05. The molecule has 0 unspecified atom stereocenters. The maximum atomic E-state index is 11.2. The molecule has 172 valence electrons. The molecule has 32 heavy (non-hydrogen) atoms. The fraction of sp³-hybridized carbons (Fsp3) is 0.333. The van der Waals surface area contributed by atoms with Crippen LogP contribution in [0.1, 0.15) is 63.4 Å². The summed E-state index contributed by atoms with van der Waals surface area (Å²) < 4.78 is 4.85. The van der Waals surface area contributed by atoms with Crippen LogP contribution in [0.2, 0.25) is 0 Å². The van der Waals surface area contributed by atoms with E-state index >= 15 is 0 Å². The van der Waals surface area contributed by atoms with E-state index < -0.39 is 5.91 Å². The molecular formula is C27H37N3O2. The highest BCUT2D eigenvalue weighted by molar-refractivity contribution is 5.93. The van der Waals surface area contributed by atoms with Crippen molar-refractivity contribution in [3.05, 3.63) is 82.9 Å². The Labute approximate surface area is 193 Å². The number of aromatic nitrogens is 1. The van der Waals surface area contributed by atoms with Crippen LogP contribution in [0.25, 0.3) is 11.1 Å². The third-order valence-electron chi connectivity index (χ3n) is 4.95. The van der Waals surface area contributed by atoms with E-state index in [-0.39, 0.29) is 0 Å². The number of amides is 1. The topological polar surface area (TPSA) is 77.2 Å². The van der Waals surface area contributed by atoms with Gasteiger partial charge in [-0.1, -0.05) is 37.6 Å². The van der Waals surface area contributed by atoms with Crippen LogP contribution in [0.3, 0.4) is 0 Å². The summed E-state index contributed by atoms with van der Waals surface area (Å²) in [7, 11) is 1.68. The Morgan fingerprint density at radius 3 is 2.12 bits per heavy atom. The highest BCUT2D eigenvalue weighted by Crippen LogP contribution is 2.23. The van der Waals surface area contributed by atoms with Gasteiger partial charge in [-0.05, 0) is 81.5 Å². The van der Waals surface area contributed by atoms with Gasteiger partial charge in [0.1, 0.15) is 5.82 Å². The third kappa shape index (κ3) is 8.80. The molecule has 1 amide bonds. The van der Waals surface area contributed by atoms with Gasteiger partial charge in [0, 0.05) is 23.5 Å². The number of nitrogens with one attached hydrogen (secondary N) is 1. The number of allylic oxidation sites excluding steroid dienone is 5. The molecule has 0 fully saturated rings. The van der Waals surface area contributed by atoms with Gasteiger partial charge in [0.25, 0.3) is 0 Å². The number of nitrogens with two attached hydrogens (primary N) is 1. The van der Waals surface area contributed by atoms with Crippen molar-refractivity contribution < 1.29 is 9.53 Å². The minimum atomic E-state index is -0.421. The fourth-order valence-corrected chi connectivity index (χ4v) is 2.84. The van der Waals surface area contributed by atoms with Crippen LogP contribution in [0.15, 0.2) is 71.8 Å². The van der Waals surface area contributed by atoms with Gasteiger partial charge in [0.2, 0.25) is 5.91 Å². The molecular weight excluding hydrogens is 398 g/mol. The summed E-state index contributed by atoms with van der Waals surface area (Å²) >= 11 is 0. The van der Waals surface area contributed by atoms with E-state index in [1.807, 2.05) is 44.5 Å². The second-order valence-electron chi connectivity index (χ2n) is 7.53. The molecule has 0 saturated heterocycles. The van der Waals surface area contributed by atoms with Crippen LogP contribution in [0, 0.1) is 6.92 Å². The minimum Gasteiger partial charge on any atom is -0.502 e. The Balaban J connectivity index is 0.000000633. The number of aryl methyl sites for hydroxylation is 1. The van der Waals surface area contributed by atoms with Gasteiger partial charge in [0.15, 0.2) is 0 Å². The zero-order valence-corrected chi connectivity index (χ0v) is 20.5. The summed E-state index contributed by atoms with van der Waals surface area (Å²) in [5, 5.41) is 3.28. The van der Waals surface area contributed by atoms with E-state index in [0.29, 0.717) is 5.56 Å². The van der Waals surface area contributed by atoms with Crippen molar-refractivity contribution in [3.63, 3.8) is 0 Å². The van der Waals surface area contributed by atoms with Gasteiger partial charge in [-0.15, -0.1) is 0 Å². The molecule has 0 aliphatic carbocycles. The second kappa shape index (κ2) is 13.9. The Kier molecular flexibility index (Phi) is 11.6. The average Bonchev–Trinajstić information content (AvgIpc) is 2.78. The molecule has 5 nitrogen and oxygen atoms in total. The van der Waals surface area contributed by atoms with E-state index in [2.05, 4.69) is 50.1 Å². The Hall–Kier alpha value is -3.34. The first-order valence-electron chi connectivity index (χ1n) is 10.9. The maximum absolute atomic E-state index is 11.2. The first-order chi connectivity index (χ1) is 15.2. The summed E-state index contributed by atoms with van der Waals surface area (Å²) in [5.74, 6) is 1.42. The molecule has 0 aliphatic rings. The van der Waals surface area contributed by atoms with Crippen LogP contribution in [0.5, 0.6) is 0 Å². The molecule has 0 bridgehead atoms. The number of rotatable bonds is 8. The fourth-order valence-electron chi connectivity index (χ4n) is 2.84. The van der Waals surface area contributed by atoms with Crippen LogP contribution < -0.4 is 11.1 Å². The van der Waals surface area contributed by atoms with Crippen molar-refractivity contribution in [2.24, 2.45) is 5.73 Å². The van der Waals surface area contributed by atoms with E-state index in [9.17, 15) is 4.79 Å². The summed E-state index contributed by atoms with van der Waals surface area (Å²) in [4.78, 5) is 15.7. The van der Waals surface area contributed by atoms with Gasteiger partial charge in [0.05, 0.1) is 12.9 Å². The quantitative estimate of drug-likeness (QED) is 0.354. The van der Waals surface area contributed by atoms with Gasteiger partial charge in [-0.2, -0.15) is 0 Å². The van der Waals surface area contributed by atoms with Crippen LogP contribution >= 0.6 is 0 Å². The lowest BCUT2D eigenvalue weighted by Crippen LogP contribution is -2.10. The summed E-state index contributed by atoms with van der Waals surface area (Å²) in [5.41, 5.74) is 11.3. The van der Waals surface area contributed by atoms with E-state index in [4.69, 9.17) is 10.5 Å². The Morgan fingerprint density at radius 2 is 1.66 bits per heavy atom. The summed E-state index contributed by atoms with van der Waals surface area (Å²) in [6.45, 7) is 12.4. The van der Waals surface area contributed by atoms with Crippen molar-refractivity contribution in [1.29, 1.82) is 0 Å². The third-order valence-corrected chi connectivity index (χ3v) is 4.95. The number of ether oxygens (including phenoxy) is 1. The number of anilines is 1. The van der Waals surface area contributed by atoms with Crippen LogP contribution in [-0.2, 0) is 4.74 Å². The molecule has 5 heteroatoms. The smallest absolute Gasteiger partial charge is 0.248 e. The molecule has 0 atom stereocenters. The molecule has 0 saturated carbocycles. The average molecular weight is 436 g/mol. The second-order valence-corrected chi connectivity index (χ2v) is 7.53. The summed E-state index contributed by atoms with van der Waals surface area (Å²) in [6.07, 6.45) is 10.1. The van der Waals surface area contributed by atoms with E-state index in [0.717, 1.165) is 41.1 Å². The number of carbonyl (C=O) groups excluding carboxylic acids is 1. The number of benzene rings is 1. The molecule has 2 rings (SSSR count). The number of carbonyl (C=O) groups is 1. The molecule has 0 spiro atoms. The standard InChI is InChI=1S/C21H25N3O.C6H12O/c1-5-6-14(2)16(4)12-23-21-15(3)11-19(13-24-21)17-7-9-18(10-8-17)20(22)25;1-4-5-6(2)7-3/h6-13H,5H2,1-4H3,(H2,22,25)(H,23,24);5H,4H2,1-3H3/b14-6+,16-12+;6-5+. The molecule has 1 heterocycles. The van der Waals surface area contributed by atoms with Crippen molar-refractivity contribution in [2.45, 2.75) is 54.4 Å². The largest absolute Gasteiger partial charge is 0.502 e. The maximum Gasteiger partial charge on any atom is 0.248 e. The molecule has 0 radical (unpaired) electrons. The number of nitrogens with zero attached hydrogens (tertiary/aromatic N) is 1. The van der Waals surface area contributed by atoms with Crippen molar-refractivity contribution in [1.82, 2.24) is 4.98 Å². The SMILES string of the molecule is CC/C=C(C)/C(C)=C/Nc1ncc(-c2ccc(C(N)=O)cc2)cc1C.CC/C=C(\C)OC. The first kappa shape index (κ1) is 26.7. The van der Waals surface area contributed by atoms with Crippen molar-refractivity contribution in [3.8, 4) is 11.1 Å². The zero-order valence-electron chi connectivity index (χ0n) is 20.5. The number of methoxy groups -OCH3 is 1. The first-order valence-corrected chi connectivity index (χ1v) is 10.9. The Bertz CT molecular complexity index is 971. The lowest BCUT2D eigenvalue weighted by molar-refractivity contribution is 0.100. The predicted octanol–water partition coefficient (Wildman–Crippen LogP) is 6.77. The predicted molar refractivity (Wildman–Crippen MR) is 135 cm³/mol. The van der Waals surface area contributed by atoms with Crippen LogP contribution in [-0.4, -0.2) is 18.0 Å². The number of primary amides is 1. The lowest BCUT2D eigenvalue weighted by Gasteiger charge is -2.09. The van der Waals surface area contributed by atoms with Crippen molar-refractivity contribution >= 4 is 11.7 Å². The lowest BCUT2D eigenvalue weighted by atomic mass is 10.0. The molecule has 1 aromatic carbocycles. The normalized spacial score (nSPS) is 12.0. The number of pyridine rings is 1. The molecule has 2 aromatic rings. The Morgan fingerprint density at radius 1 is 1.03 bits per heavy atom. The zero-order chi connectivity index (χ0) is 24.1.